The predicted molar refractivity (Wildman–Crippen MR) is 142 cm³/mol. The second kappa shape index (κ2) is 13.3. The molecule has 0 bridgehead atoms. The number of thiophene rings is 1. The molecular weight excluding hydrogens is 512 g/mol. The van der Waals surface area contributed by atoms with Gasteiger partial charge in [0.25, 0.3) is 5.69 Å². The first kappa shape index (κ1) is 27.5. The van der Waals surface area contributed by atoms with Crippen molar-refractivity contribution in [2.24, 2.45) is 20.5 Å². The van der Waals surface area contributed by atoms with E-state index >= 15 is 0 Å². The van der Waals surface area contributed by atoms with Gasteiger partial charge in [-0.2, -0.15) is 0 Å². The summed E-state index contributed by atoms with van der Waals surface area (Å²) < 4.78 is 10.0. The third kappa shape index (κ3) is 7.99. The molecule has 0 unspecified atom stereocenters. The smallest absolute Gasteiger partial charge is 0.335 e. The maximum atomic E-state index is 11.6. The Morgan fingerprint density at radius 1 is 0.974 bits per heavy atom. The number of carbonyl (C=O) groups excluding carboxylic acids is 2. The molecule has 38 heavy (non-hydrogen) atoms. The van der Waals surface area contributed by atoms with Gasteiger partial charge in [-0.15, -0.1) is 20.5 Å². The maximum Gasteiger partial charge on any atom is 0.335 e. The van der Waals surface area contributed by atoms with Crippen molar-refractivity contribution < 1.29 is 24.0 Å². The number of hydrogen-bond acceptors (Lipinski definition) is 12. The second-order valence-corrected chi connectivity index (χ2v) is 8.40. The van der Waals surface area contributed by atoms with Crippen LogP contribution in [0, 0.1) is 10.1 Å². The summed E-state index contributed by atoms with van der Waals surface area (Å²) in [5.74, 6) is -1.36. The number of hydrogen-bond donors (Lipinski definition) is 0. The van der Waals surface area contributed by atoms with Crippen molar-refractivity contribution in [3.8, 4) is 5.75 Å². The van der Waals surface area contributed by atoms with Crippen LogP contribution in [0.5, 0.6) is 5.75 Å². The first-order valence-electron chi connectivity index (χ1n) is 11.0. The minimum absolute atomic E-state index is 0.115. The van der Waals surface area contributed by atoms with E-state index in [9.17, 15) is 19.7 Å². The number of likely N-dealkylation sites (N-methyl/N-ethyl adjacent to an activating group) is 1. The molecule has 194 valence electrons. The lowest BCUT2D eigenvalue weighted by atomic mass is 10.2. The fraction of sp³-hybridized carbons (Fsp3) is 0.120. The van der Waals surface area contributed by atoms with E-state index in [0.29, 0.717) is 22.2 Å². The zero-order valence-corrected chi connectivity index (χ0v) is 21.0. The summed E-state index contributed by atoms with van der Waals surface area (Å²) in [6.45, 7) is 7.43. The summed E-state index contributed by atoms with van der Waals surface area (Å²) >= 11 is 1.22. The molecule has 2 aromatic carbocycles. The molecule has 1 aromatic heterocycles. The van der Waals surface area contributed by atoms with E-state index in [0.717, 1.165) is 23.9 Å². The number of carbonyl (C=O) groups is 2. The molecule has 13 heteroatoms. The molecule has 3 rings (SSSR count). The van der Waals surface area contributed by atoms with E-state index in [2.05, 4.69) is 33.6 Å². The van der Waals surface area contributed by atoms with Crippen molar-refractivity contribution >= 4 is 56.0 Å². The predicted octanol–water partition coefficient (Wildman–Crippen LogP) is 6.74. The average Bonchev–Trinajstić information content (AvgIpc) is 3.38. The lowest BCUT2D eigenvalue weighted by molar-refractivity contribution is -0.384. The van der Waals surface area contributed by atoms with E-state index in [1.807, 2.05) is 24.1 Å². The second-order valence-electron chi connectivity index (χ2n) is 7.36. The minimum atomic E-state index is -0.783. The highest BCUT2D eigenvalue weighted by molar-refractivity contribution is 7.19. The number of azo groups is 2. The molecule has 0 amide bonds. The first-order chi connectivity index (χ1) is 18.3. The number of benzene rings is 2. The maximum absolute atomic E-state index is 11.6. The van der Waals surface area contributed by atoms with E-state index in [-0.39, 0.29) is 23.7 Å². The molecule has 0 N–H and O–H groups in total. The number of nitro groups is 1. The van der Waals surface area contributed by atoms with Crippen molar-refractivity contribution in [3.05, 3.63) is 90.0 Å². The van der Waals surface area contributed by atoms with Crippen LogP contribution in [0.3, 0.4) is 0 Å². The monoisotopic (exact) mass is 534 g/mol. The van der Waals surface area contributed by atoms with Crippen LogP contribution in [0.15, 0.2) is 100 Å². The molecule has 12 nitrogen and oxygen atoms in total. The normalized spacial score (nSPS) is 10.9. The fourth-order valence-corrected chi connectivity index (χ4v) is 3.46. The summed E-state index contributed by atoms with van der Waals surface area (Å²) in [4.78, 5) is 35.1. The van der Waals surface area contributed by atoms with Gasteiger partial charge in [-0.05, 0) is 42.5 Å². The highest BCUT2D eigenvalue weighted by atomic mass is 32.1. The molecule has 0 saturated carbocycles. The number of nitro benzene ring substituents is 1. The van der Waals surface area contributed by atoms with Crippen LogP contribution < -0.4 is 9.64 Å². The largest absolute Gasteiger partial charge is 0.461 e. The van der Waals surface area contributed by atoms with Crippen molar-refractivity contribution in [1.82, 2.24) is 0 Å². The molecule has 0 fully saturated rings. The number of rotatable bonds is 12. The van der Waals surface area contributed by atoms with E-state index in [1.165, 1.54) is 23.5 Å². The molecule has 0 aliphatic rings. The van der Waals surface area contributed by atoms with Crippen LogP contribution in [0.4, 0.5) is 32.8 Å². The Kier molecular flexibility index (Phi) is 9.65. The van der Waals surface area contributed by atoms with Gasteiger partial charge in [0.15, 0.2) is 5.75 Å². The molecule has 0 atom stereocenters. The van der Waals surface area contributed by atoms with Gasteiger partial charge in [0, 0.05) is 31.0 Å². The average molecular weight is 535 g/mol. The summed E-state index contributed by atoms with van der Waals surface area (Å²) in [6.07, 6.45) is 2.06. The third-order valence-electron chi connectivity index (χ3n) is 4.76. The molecule has 0 spiro atoms. The van der Waals surface area contributed by atoms with Gasteiger partial charge in [-0.3, -0.25) is 10.1 Å². The van der Waals surface area contributed by atoms with Crippen molar-refractivity contribution in [3.63, 3.8) is 0 Å². The van der Waals surface area contributed by atoms with Gasteiger partial charge in [-0.25, -0.2) is 9.59 Å². The lowest BCUT2D eigenvalue weighted by Gasteiger charge is -2.18. The summed E-state index contributed by atoms with van der Waals surface area (Å²) in [5, 5.41) is 28.7. The highest BCUT2D eigenvalue weighted by Gasteiger charge is 2.14. The van der Waals surface area contributed by atoms with Crippen LogP contribution in [0.25, 0.3) is 0 Å². The van der Waals surface area contributed by atoms with Gasteiger partial charge in [0.1, 0.15) is 22.3 Å². The van der Waals surface area contributed by atoms with Crippen molar-refractivity contribution in [1.29, 1.82) is 0 Å². The molecule has 0 saturated heterocycles. The minimum Gasteiger partial charge on any atom is -0.461 e. The van der Waals surface area contributed by atoms with Gasteiger partial charge in [0.2, 0.25) is 0 Å². The standard InChI is InChI=1S/C25H22N6O6S/c1-4-24(32)36-15-14-30(3)18-8-6-17(7-9-18)26-28-22-12-13-23(38-22)29-27-20-11-10-19(31(34)35)16-21(20)37-25(33)5-2/h4-13,16H,1-2,14-15H2,3H3. The Morgan fingerprint density at radius 2 is 1.63 bits per heavy atom. The van der Waals surface area contributed by atoms with Crippen LogP contribution in [-0.4, -0.2) is 37.1 Å². The molecule has 1 heterocycles. The molecule has 0 aliphatic carbocycles. The van der Waals surface area contributed by atoms with Crippen LogP contribution in [-0.2, 0) is 14.3 Å². The Bertz CT molecular complexity index is 1400. The van der Waals surface area contributed by atoms with E-state index in [4.69, 9.17) is 9.47 Å². The van der Waals surface area contributed by atoms with Crippen LogP contribution in [0.1, 0.15) is 0 Å². The summed E-state index contributed by atoms with van der Waals surface area (Å²) in [6, 6.07) is 14.4. The van der Waals surface area contributed by atoms with Gasteiger partial charge in [0.05, 0.1) is 23.2 Å². The molecular formula is C25H22N6O6S. The highest BCUT2D eigenvalue weighted by Crippen LogP contribution is 2.36. The summed E-state index contributed by atoms with van der Waals surface area (Å²) in [7, 11) is 1.88. The van der Waals surface area contributed by atoms with Crippen LogP contribution in [0.2, 0.25) is 0 Å². The Balaban J connectivity index is 1.64. The van der Waals surface area contributed by atoms with Crippen LogP contribution >= 0.6 is 11.3 Å². The fourth-order valence-electron chi connectivity index (χ4n) is 2.81. The quantitative estimate of drug-likeness (QED) is 0.0623. The lowest BCUT2D eigenvalue weighted by Crippen LogP contribution is -2.23. The zero-order chi connectivity index (χ0) is 27.5. The topological polar surface area (TPSA) is 148 Å². The number of nitrogens with zero attached hydrogens (tertiary/aromatic N) is 6. The van der Waals surface area contributed by atoms with E-state index < -0.39 is 16.9 Å². The van der Waals surface area contributed by atoms with Gasteiger partial charge < -0.3 is 14.4 Å². The number of ether oxygens (including phenoxy) is 2. The first-order valence-corrected chi connectivity index (χ1v) is 11.8. The Morgan fingerprint density at radius 3 is 2.26 bits per heavy atom. The Hall–Kier alpha value is -5.04. The third-order valence-corrected chi connectivity index (χ3v) is 5.61. The molecule has 0 aliphatic heterocycles. The molecule has 3 aromatic rings. The summed E-state index contributed by atoms with van der Waals surface area (Å²) in [5.41, 5.74) is 1.42. The van der Waals surface area contributed by atoms with Crippen molar-refractivity contribution in [2.45, 2.75) is 0 Å². The zero-order valence-electron chi connectivity index (χ0n) is 20.2. The van der Waals surface area contributed by atoms with Crippen molar-refractivity contribution in [2.75, 3.05) is 25.1 Å². The van der Waals surface area contributed by atoms with E-state index in [1.54, 1.807) is 24.3 Å². The number of non-ortho nitro benzene ring substituents is 1. The number of anilines is 1. The molecule has 0 radical (unpaired) electrons. The Labute approximate surface area is 221 Å². The van der Waals surface area contributed by atoms with Gasteiger partial charge in [-0.1, -0.05) is 24.5 Å². The number of esters is 2. The SMILES string of the molecule is C=CC(=O)OCCN(C)c1ccc(N=Nc2ccc(N=Nc3ccc([N+](=O)[O-])cc3OC(=O)C=C)s2)cc1. The van der Waals surface area contributed by atoms with Gasteiger partial charge >= 0.3 is 11.9 Å².